The van der Waals surface area contributed by atoms with E-state index in [0.29, 0.717) is 0 Å². The van der Waals surface area contributed by atoms with Crippen LogP contribution in [0.5, 0.6) is 11.5 Å². The minimum Gasteiger partial charge on any atom is -0.456 e. The van der Waals surface area contributed by atoms with Crippen LogP contribution in [0.25, 0.3) is 11.1 Å². The monoisotopic (exact) mass is 265 g/mol. The lowest BCUT2D eigenvalue weighted by atomic mass is 10.1. The van der Waals surface area contributed by atoms with Crippen molar-refractivity contribution in [1.82, 2.24) is 14.8 Å². The van der Waals surface area contributed by atoms with Crippen molar-refractivity contribution < 1.29 is 4.74 Å². The summed E-state index contributed by atoms with van der Waals surface area (Å²) in [6.45, 7) is 2.95. The number of rotatable bonds is 4. The van der Waals surface area contributed by atoms with Gasteiger partial charge in [0.2, 0.25) is 0 Å². The van der Waals surface area contributed by atoms with Crippen molar-refractivity contribution in [3.05, 3.63) is 61.2 Å². The van der Waals surface area contributed by atoms with Gasteiger partial charge in [-0.2, -0.15) is 5.10 Å². The van der Waals surface area contributed by atoms with E-state index in [0.717, 1.165) is 29.2 Å². The highest BCUT2D eigenvalue weighted by atomic mass is 16.5. The van der Waals surface area contributed by atoms with E-state index in [1.54, 1.807) is 12.4 Å². The maximum atomic E-state index is 5.71. The van der Waals surface area contributed by atoms with Crippen molar-refractivity contribution in [2.75, 3.05) is 0 Å². The van der Waals surface area contributed by atoms with Crippen LogP contribution in [0.4, 0.5) is 0 Å². The third kappa shape index (κ3) is 2.69. The first-order valence-electron chi connectivity index (χ1n) is 6.56. The van der Waals surface area contributed by atoms with Crippen LogP contribution >= 0.6 is 0 Å². The Labute approximate surface area is 117 Å². The van der Waals surface area contributed by atoms with Crippen molar-refractivity contribution in [3.8, 4) is 22.6 Å². The molecule has 0 aliphatic heterocycles. The molecule has 2 heterocycles. The van der Waals surface area contributed by atoms with Crippen LogP contribution < -0.4 is 4.74 Å². The largest absolute Gasteiger partial charge is 0.456 e. The molecule has 0 bridgehead atoms. The van der Waals surface area contributed by atoms with Gasteiger partial charge in [-0.15, -0.1) is 0 Å². The van der Waals surface area contributed by atoms with E-state index < -0.39 is 0 Å². The molecule has 3 rings (SSSR count). The zero-order valence-electron chi connectivity index (χ0n) is 11.2. The number of aryl methyl sites for hydroxylation is 1. The van der Waals surface area contributed by atoms with Crippen molar-refractivity contribution in [1.29, 1.82) is 0 Å². The minimum absolute atomic E-state index is 0.735. The highest BCUT2D eigenvalue weighted by Crippen LogP contribution is 2.25. The molecule has 0 atom stereocenters. The van der Waals surface area contributed by atoms with Gasteiger partial charge in [-0.25, -0.2) is 0 Å². The normalized spacial score (nSPS) is 10.4. The number of hydrogen-bond acceptors (Lipinski definition) is 3. The van der Waals surface area contributed by atoms with Gasteiger partial charge in [0, 0.05) is 24.5 Å². The summed E-state index contributed by atoms with van der Waals surface area (Å²) in [5.74, 6) is 1.53. The first-order chi connectivity index (χ1) is 9.85. The average molecular weight is 265 g/mol. The lowest BCUT2D eigenvalue weighted by Gasteiger charge is -2.05. The molecular weight excluding hydrogens is 250 g/mol. The molecule has 0 aliphatic rings. The Morgan fingerprint density at radius 3 is 2.50 bits per heavy atom. The van der Waals surface area contributed by atoms with Gasteiger partial charge < -0.3 is 4.74 Å². The summed E-state index contributed by atoms with van der Waals surface area (Å²) in [4.78, 5) is 4.02. The van der Waals surface area contributed by atoms with Crippen LogP contribution in [-0.2, 0) is 6.54 Å². The summed E-state index contributed by atoms with van der Waals surface area (Å²) < 4.78 is 7.62. The molecule has 0 saturated carbocycles. The molecule has 20 heavy (non-hydrogen) atoms. The second-order valence-electron chi connectivity index (χ2n) is 4.40. The van der Waals surface area contributed by atoms with Gasteiger partial charge in [0.25, 0.3) is 0 Å². The highest BCUT2D eigenvalue weighted by molar-refractivity contribution is 5.62. The zero-order chi connectivity index (χ0) is 13.8. The van der Waals surface area contributed by atoms with Gasteiger partial charge in [0.15, 0.2) is 0 Å². The maximum Gasteiger partial charge on any atom is 0.145 e. The SMILES string of the molecule is CCn1cc(-c2ccc(Oc3cccnc3)cc2)cn1. The molecule has 0 saturated heterocycles. The van der Waals surface area contributed by atoms with E-state index in [9.17, 15) is 0 Å². The molecule has 100 valence electrons. The molecule has 0 aliphatic carbocycles. The van der Waals surface area contributed by atoms with Gasteiger partial charge in [0.05, 0.1) is 12.4 Å². The van der Waals surface area contributed by atoms with E-state index in [-0.39, 0.29) is 0 Å². The predicted molar refractivity (Wildman–Crippen MR) is 77.6 cm³/mol. The van der Waals surface area contributed by atoms with E-state index in [4.69, 9.17) is 4.74 Å². The molecule has 4 nitrogen and oxygen atoms in total. The molecule has 0 radical (unpaired) electrons. The lowest BCUT2D eigenvalue weighted by molar-refractivity contribution is 0.480. The quantitative estimate of drug-likeness (QED) is 0.721. The van der Waals surface area contributed by atoms with Crippen LogP contribution in [0.1, 0.15) is 6.92 Å². The summed E-state index contributed by atoms with van der Waals surface area (Å²) in [5, 5.41) is 4.28. The predicted octanol–water partition coefficient (Wildman–Crippen LogP) is 3.76. The van der Waals surface area contributed by atoms with Crippen LogP contribution in [-0.4, -0.2) is 14.8 Å². The number of nitrogens with zero attached hydrogens (tertiary/aromatic N) is 3. The van der Waals surface area contributed by atoms with Crippen LogP contribution in [0, 0.1) is 0 Å². The molecule has 0 amide bonds. The highest BCUT2D eigenvalue weighted by Gasteiger charge is 2.02. The van der Waals surface area contributed by atoms with Crippen LogP contribution in [0.15, 0.2) is 61.2 Å². The van der Waals surface area contributed by atoms with E-state index in [1.165, 1.54) is 0 Å². The Morgan fingerprint density at radius 2 is 1.85 bits per heavy atom. The molecular formula is C16H15N3O. The molecule has 0 fully saturated rings. The third-order valence-corrected chi connectivity index (χ3v) is 3.01. The number of ether oxygens (including phenoxy) is 1. The number of aromatic nitrogens is 3. The molecule has 0 N–H and O–H groups in total. The zero-order valence-corrected chi connectivity index (χ0v) is 11.2. The molecule has 0 unspecified atom stereocenters. The van der Waals surface area contributed by atoms with Crippen LogP contribution in [0.3, 0.4) is 0 Å². The summed E-state index contributed by atoms with van der Waals surface area (Å²) in [5.41, 5.74) is 2.24. The maximum absolute atomic E-state index is 5.71. The Balaban J connectivity index is 1.77. The lowest BCUT2D eigenvalue weighted by Crippen LogP contribution is -1.91. The Morgan fingerprint density at radius 1 is 1.00 bits per heavy atom. The fourth-order valence-electron chi connectivity index (χ4n) is 1.94. The van der Waals surface area contributed by atoms with Crippen molar-refractivity contribution in [2.45, 2.75) is 13.5 Å². The average Bonchev–Trinajstić information content (AvgIpc) is 2.98. The molecule has 2 aromatic heterocycles. The van der Waals surface area contributed by atoms with Crippen molar-refractivity contribution >= 4 is 0 Å². The van der Waals surface area contributed by atoms with E-state index in [2.05, 4.69) is 17.0 Å². The van der Waals surface area contributed by atoms with Crippen molar-refractivity contribution in [3.63, 3.8) is 0 Å². The topological polar surface area (TPSA) is 39.9 Å². The second-order valence-corrected chi connectivity index (χ2v) is 4.40. The summed E-state index contributed by atoms with van der Waals surface area (Å²) >= 11 is 0. The summed E-state index contributed by atoms with van der Waals surface area (Å²) in [6, 6.07) is 11.7. The first-order valence-corrected chi connectivity index (χ1v) is 6.56. The molecule has 4 heteroatoms. The standard InChI is InChI=1S/C16H15N3O/c1-2-19-12-14(10-18-19)13-5-7-15(8-6-13)20-16-4-3-9-17-11-16/h3-12H,2H2,1H3. The number of benzene rings is 1. The molecule has 0 spiro atoms. The van der Waals surface area contributed by atoms with Gasteiger partial charge in [0.1, 0.15) is 11.5 Å². The fourth-order valence-corrected chi connectivity index (χ4v) is 1.94. The van der Waals surface area contributed by atoms with E-state index >= 15 is 0 Å². The summed E-state index contributed by atoms with van der Waals surface area (Å²) in [6.07, 6.45) is 7.33. The number of hydrogen-bond donors (Lipinski definition) is 0. The first kappa shape index (κ1) is 12.4. The number of pyridine rings is 1. The van der Waals surface area contributed by atoms with Crippen LogP contribution in [0.2, 0.25) is 0 Å². The Hall–Kier alpha value is -2.62. The van der Waals surface area contributed by atoms with Gasteiger partial charge in [-0.1, -0.05) is 12.1 Å². The van der Waals surface area contributed by atoms with Crippen molar-refractivity contribution in [2.24, 2.45) is 0 Å². The Kier molecular flexibility index (Phi) is 3.46. The van der Waals surface area contributed by atoms with Gasteiger partial charge >= 0.3 is 0 Å². The second kappa shape index (κ2) is 5.57. The fraction of sp³-hybridized carbons (Fsp3) is 0.125. The molecule has 1 aromatic carbocycles. The Bertz CT molecular complexity index is 674. The summed E-state index contributed by atoms with van der Waals surface area (Å²) in [7, 11) is 0. The third-order valence-electron chi connectivity index (χ3n) is 3.01. The smallest absolute Gasteiger partial charge is 0.145 e. The minimum atomic E-state index is 0.735. The van der Waals surface area contributed by atoms with E-state index in [1.807, 2.05) is 53.5 Å². The van der Waals surface area contributed by atoms with Gasteiger partial charge in [-0.05, 0) is 36.8 Å². The molecule has 3 aromatic rings. The van der Waals surface area contributed by atoms with Gasteiger partial charge in [-0.3, -0.25) is 9.67 Å².